The van der Waals surface area contributed by atoms with Crippen LogP contribution < -0.4 is 5.32 Å². The Balaban J connectivity index is 2.10. The number of anilines is 1. The lowest BCUT2D eigenvalue weighted by molar-refractivity contribution is 0.675. The van der Waals surface area contributed by atoms with Gasteiger partial charge in [-0.2, -0.15) is 0 Å². The van der Waals surface area contributed by atoms with Crippen LogP contribution in [0, 0.1) is 0 Å². The highest BCUT2D eigenvalue weighted by atomic mass is 14.9. The van der Waals surface area contributed by atoms with Crippen LogP contribution in [0.4, 0.5) is 5.69 Å². The second-order valence-corrected chi connectivity index (χ2v) is 3.96. The van der Waals surface area contributed by atoms with E-state index < -0.39 is 0 Å². The van der Waals surface area contributed by atoms with Gasteiger partial charge in [0.05, 0.1) is 0 Å². The van der Waals surface area contributed by atoms with Crippen LogP contribution >= 0.6 is 0 Å². The summed E-state index contributed by atoms with van der Waals surface area (Å²) in [5.41, 5.74) is 4.17. The minimum atomic E-state index is 1.21. The van der Waals surface area contributed by atoms with Crippen molar-refractivity contribution in [2.24, 2.45) is 0 Å². The summed E-state index contributed by atoms with van der Waals surface area (Å²) in [6.45, 7) is 2.24. The molecule has 1 aromatic carbocycles. The minimum absolute atomic E-state index is 1.21. The first kappa shape index (κ1) is 9.32. The zero-order chi connectivity index (χ0) is 9.80. The van der Waals surface area contributed by atoms with Crippen LogP contribution in [0.5, 0.6) is 0 Å². The Morgan fingerprint density at radius 1 is 1.00 bits per heavy atom. The number of allylic oxidation sites excluding steroid dienone is 2. The zero-order valence-electron chi connectivity index (χ0n) is 8.72. The Kier molecular flexibility index (Phi) is 2.87. The highest BCUT2D eigenvalue weighted by molar-refractivity contribution is 5.48. The van der Waals surface area contributed by atoms with E-state index in [0.29, 0.717) is 0 Å². The van der Waals surface area contributed by atoms with Gasteiger partial charge in [0, 0.05) is 11.4 Å². The number of rotatable bonds is 2. The molecule has 0 bridgehead atoms. The van der Waals surface area contributed by atoms with E-state index in [1.807, 2.05) is 6.07 Å². The summed E-state index contributed by atoms with van der Waals surface area (Å²) in [5.74, 6) is 0. The van der Waals surface area contributed by atoms with Gasteiger partial charge in [0.1, 0.15) is 0 Å². The summed E-state index contributed by atoms with van der Waals surface area (Å²) in [6, 6.07) is 10.4. The molecule has 0 saturated heterocycles. The third kappa shape index (κ3) is 2.16. The molecule has 2 rings (SSSR count). The fourth-order valence-electron chi connectivity index (χ4n) is 1.92. The van der Waals surface area contributed by atoms with Gasteiger partial charge in [-0.05, 0) is 44.7 Å². The van der Waals surface area contributed by atoms with Crippen LogP contribution in [0.2, 0.25) is 0 Å². The molecule has 1 nitrogen and oxygen atoms in total. The monoisotopic (exact) mass is 187 g/mol. The number of hydrogen-bond donors (Lipinski definition) is 1. The summed E-state index contributed by atoms with van der Waals surface area (Å²) in [7, 11) is 0. The molecule has 1 aliphatic rings. The van der Waals surface area contributed by atoms with Gasteiger partial charge in [-0.3, -0.25) is 0 Å². The van der Waals surface area contributed by atoms with Crippen molar-refractivity contribution in [1.29, 1.82) is 0 Å². The lowest BCUT2D eigenvalue weighted by Crippen LogP contribution is -2.06. The zero-order valence-corrected chi connectivity index (χ0v) is 8.72. The summed E-state index contributed by atoms with van der Waals surface area (Å²) in [4.78, 5) is 0. The van der Waals surface area contributed by atoms with E-state index in [1.165, 1.54) is 42.6 Å². The molecule has 0 amide bonds. The molecule has 1 aromatic rings. The second kappa shape index (κ2) is 4.32. The molecule has 1 N–H and O–H groups in total. The molecule has 0 fully saturated rings. The van der Waals surface area contributed by atoms with Crippen LogP contribution in [0.1, 0.15) is 32.6 Å². The van der Waals surface area contributed by atoms with Gasteiger partial charge >= 0.3 is 0 Å². The van der Waals surface area contributed by atoms with Crippen molar-refractivity contribution in [2.45, 2.75) is 32.6 Å². The van der Waals surface area contributed by atoms with Gasteiger partial charge in [-0.15, -0.1) is 0 Å². The maximum Gasteiger partial charge on any atom is 0.0381 e. The van der Waals surface area contributed by atoms with Gasteiger partial charge < -0.3 is 5.32 Å². The Labute approximate surface area is 85.8 Å². The third-order valence-electron chi connectivity index (χ3n) is 2.81. The van der Waals surface area contributed by atoms with E-state index in [9.17, 15) is 0 Å². The van der Waals surface area contributed by atoms with E-state index in [1.54, 1.807) is 0 Å². The molecule has 0 aromatic heterocycles. The molecular weight excluding hydrogens is 170 g/mol. The molecule has 0 aliphatic heterocycles. The maximum atomic E-state index is 3.51. The number of para-hydroxylation sites is 1. The predicted molar refractivity (Wildman–Crippen MR) is 61.2 cm³/mol. The Morgan fingerprint density at radius 3 is 2.43 bits per heavy atom. The molecular formula is C13H17N. The average molecular weight is 187 g/mol. The molecule has 0 saturated carbocycles. The summed E-state index contributed by atoms with van der Waals surface area (Å²) >= 11 is 0. The molecule has 1 aliphatic carbocycles. The fraction of sp³-hybridized carbons (Fsp3) is 0.385. The van der Waals surface area contributed by atoms with Gasteiger partial charge in [0.15, 0.2) is 0 Å². The van der Waals surface area contributed by atoms with Crippen molar-refractivity contribution < 1.29 is 0 Å². The van der Waals surface area contributed by atoms with E-state index in [4.69, 9.17) is 0 Å². The van der Waals surface area contributed by atoms with Crippen molar-refractivity contribution in [2.75, 3.05) is 5.32 Å². The summed E-state index contributed by atoms with van der Waals surface area (Å²) in [5, 5.41) is 3.51. The second-order valence-electron chi connectivity index (χ2n) is 3.96. The quantitative estimate of drug-likeness (QED) is 0.739. The largest absolute Gasteiger partial charge is 0.359 e. The molecule has 0 heterocycles. The van der Waals surface area contributed by atoms with Crippen molar-refractivity contribution in [1.82, 2.24) is 0 Å². The highest BCUT2D eigenvalue weighted by Crippen LogP contribution is 2.25. The van der Waals surface area contributed by atoms with E-state index in [0.717, 1.165) is 0 Å². The molecule has 0 unspecified atom stereocenters. The van der Waals surface area contributed by atoms with Crippen LogP contribution in [0.15, 0.2) is 41.6 Å². The average Bonchev–Trinajstić information content (AvgIpc) is 2.23. The van der Waals surface area contributed by atoms with Gasteiger partial charge in [0.2, 0.25) is 0 Å². The van der Waals surface area contributed by atoms with Gasteiger partial charge in [-0.1, -0.05) is 23.8 Å². The number of benzene rings is 1. The number of nitrogens with one attached hydrogen (secondary N) is 1. The lowest BCUT2D eigenvalue weighted by atomic mass is 9.97. The van der Waals surface area contributed by atoms with Crippen molar-refractivity contribution in [3.63, 3.8) is 0 Å². The molecule has 0 spiro atoms. The SMILES string of the molecule is CC1=C(Nc2ccccc2)CCCC1. The normalized spacial score (nSPS) is 16.9. The number of hydrogen-bond acceptors (Lipinski definition) is 1. The molecule has 0 atom stereocenters. The first-order valence-corrected chi connectivity index (χ1v) is 5.37. The predicted octanol–water partition coefficient (Wildman–Crippen LogP) is 3.95. The topological polar surface area (TPSA) is 12.0 Å². The lowest BCUT2D eigenvalue weighted by Gasteiger charge is -2.19. The first-order chi connectivity index (χ1) is 6.86. The first-order valence-electron chi connectivity index (χ1n) is 5.37. The molecule has 74 valence electrons. The smallest absolute Gasteiger partial charge is 0.0381 e. The van der Waals surface area contributed by atoms with Crippen LogP contribution in [0.25, 0.3) is 0 Å². The third-order valence-corrected chi connectivity index (χ3v) is 2.81. The summed E-state index contributed by atoms with van der Waals surface area (Å²) in [6.07, 6.45) is 5.15. The van der Waals surface area contributed by atoms with Crippen molar-refractivity contribution >= 4 is 5.69 Å². The van der Waals surface area contributed by atoms with E-state index in [-0.39, 0.29) is 0 Å². The van der Waals surface area contributed by atoms with E-state index in [2.05, 4.69) is 36.5 Å². The molecule has 14 heavy (non-hydrogen) atoms. The van der Waals surface area contributed by atoms with Crippen molar-refractivity contribution in [3.8, 4) is 0 Å². The van der Waals surface area contributed by atoms with Crippen LogP contribution in [-0.2, 0) is 0 Å². The van der Waals surface area contributed by atoms with Gasteiger partial charge in [-0.25, -0.2) is 0 Å². The fourth-order valence-corrected chi connectivity index (χ4v) is 1.92. The van der Waals surface area contributed by atoms with Gasteiger partial charge in [0.25, 0.3) is 0 Å². The highest BCUT2D eigenvalue weighted by Gasteiger charge is 2.08. The summed E-state index contributed by atoms with van der Waals surface area (Å²) < 4.78 is 0. The van der Waals surface area contributed by atoms with Crippen LogP contribution in [-0.4, -0.2) is 0 Å². The molecule has 1 heteroatoms. The Bertz CT molecular complexity index is 324. The Hall–Kier alpha value is -1.24. The molecule has 0 radical (unpaired) electrons. The maximum absolute atomic E-state index is 3.51. The van der Waals surface area contributed by atoms with Crippen LogP contribution in [0.3, 0.4) is 0 Å². The van der Waals surface area contributed by atoms with E-state index >= 15 is 0 Å². The van der Waals surface area contributed by atoms with Crippen molar-refractivity contribution in [3.05, 3.63) is 41.6 Å². The minimum Gasteiger partial charge on any atom is -0.359 e. The standard InChI is InChI=1S/C13H17N/c1-11-7-5-6-10-13(11)14-12-8-3-2-4-9-12/h2-4,8-9,14H,5-7,10H2,1H3. The Morgan fingerprint density at radius 2 is 1.71 bits per heavy atom.